The maximum Gasteiger partial charge on any atom is 0.256 e. The molecule has 0 saturated heterocycles. The Morgan fingerprint density at radius 2 is 1.95 bits per heavy atom. The van der Waals surface area contributed by atoms with Gasteiger partial charge in [0.15, 0.2) is 0 Å². The lowest BCUT2D eigenvalue weighted by Gasteiger charge is -2.09. The molecule has 4 nitrogen and oxygen atoms in total. The second-order valence-corrected chi connectivity index (χ2v) is 5.01. The highest BCUT2D eigenvalue weighted by Gasteiger charge is 2.11. The Bertz CT molecular complexity index is 611. The van der Waals surface area contributed by atoms with Crippen LogP contribution in [-0.2, 0) is 6.61 Å². The predicted octanol–water partition coefficient (Wildman–Crippen LogP) is 3.20. The molecule has 0 fully saturated rings. The van der Waals surface area contributed by atoms with Gasteiger partial charge in [-0.2, -0.15) is 0 Å². The molecule has 0 spiro atoms. The Morgan fingerprint density at radius 1 is 1.25 bits per heavy atom. The summed E-state index contributed by atoms with van der Waals surface area (Å²) in [4.78, 5) is 12.2. The minimum atomic E-state index is -0.229. The van der Waals surface area contributed by atoms with Crippen molar-refractivity contribution in [1.82, 2.24) is 0 Å². The van der Waals surface area contributed by atoms with Crippen LogP contribution < -0.4 is 10.1 Å². The third-order valence-corrected chi connectivity index (χ3v) is 3.50. The van der Waals surface area contributed by atoms with Gasteiger partial charge in [-0.15, -0.1) is 0 Å². The summed E-state index contributed by atoms with van der Waals surface area (Å²) in [6.45, 7) is -0.0182. The number of amides is 1. The van der Waals surface area contributed by atoms with E-state index in [1.165, 1.54) is 0 Å². The Labute approximate surface area is 125 Å². The zero-order chi connectivity index (χ0) is 14.5. The summed E-state index contributed by atoms with van der Waals surface area (Å²) in [6.07, 6.45) is 0. The van der Waals surface area contributed by atoms with Crippen molar-refractivity contribution in [3.05, 3.63) is 58.1 Å². The Balaban J connectivity index is 2.18. The minimum absolute atomic E-state index is 0.0182. The summed E-state index contributed by atoms with van der Waals surface area (Å²) in [5.74, 6) is 0.390. The molecule has 0 aliphatic rings. The number of ether oxygens (including phenoxy) is 1. The van der Waals surface area contributed by atoms with Crippen LogP contribution in [0.3, 0.4) is 0 Å². The lowest BCUT2D eigenvalue weighted by atomic mass is 10.2. The van der Waals surface area contributed by atoms with Crippen LogP contribution in [0.15, 0.2) is 46.9 Å². The summed E-state index contributed by atoms with van der Waals surface area (Å²) in [6, 6.07) is 12.2. The van der Waals surface area contributed by atoms with Gasteiger partial charge >= 0.3 is 0 Å². The summed E-state index contributed by atoms with van der Waals surface area (Å²) < 4.78 is 5.81. The molecule has 0 aliphatic carbocycles. The van der Waals surface area contributed by atoms with Gasteiger partial charge in [0.25, 0.3) is 5.91 Å². The standard InChI is InChI=1S/C15H14BrNO3/c1-20-12-6-7-14(16)13(8-12)15(19)17-11-4-2-10(9-18)3-5-11/h2-8,18H,9H2,1H3,(H,17,19). The van der Waals surface area contributed by atoms with Crippen molar-refractivity contribution < 1.29 is 14.6 Å². The topological polar surface area (TPSA) is 58.6 Å². The number of carbonyl (C=O) groups excluding carboxylic acids is 1. The molecule has 0 aromatic heterocycles. The monoisotopic (exact) mass is 335 g/mol. The molecule has 0 radical (unpaired) electrons. The maximum absolute atomic E-state index is 12.2. The number of hydrogen-bond acceptors (Lipinski definition) is 3. The molecule has 0 bridgehead atoms. The van der Waals surface area contributed by atoms with Crippen molar-refractivity contribution in [2.24, 2.45) is 0 Å². The predicted molar refractivity (Wildman–Crippen MR) is 81.0 cm³/mol. The number of anilines is 1. The lowest BCUT2D eigenvalue weighted by molar-refractivity contribution is 0.102. The summed E-state index contributed by atoms with van der Waals surface area (Å²) in [5, 5.41) is 11.8. The molecule has 104 valence electrons. The first-order chi connectivity index (χ1) is 9.63. The molecule has 2 rings (SSSR count). The Hall–Kier alpha value is -1.85. The average Bonchev–Trinajstić information content (AvgIpc) is 2.48. The normalized spacial score (nSPS) is 10.2. The quantitative estimate of drug-likeness (QED) is 0.901. The fourth-order valence-corrected chi connectivity index (χ4v) is 2.12. The highest BCUT2D eigenvalue weighted by molar-refractivity contribution is 9.10. The van der Waals surface area contributed by atoms with Crippen LogP contribution in [0.2, 0.25) is 0 Å². The van der Waals surface area contributed by atoms with Crippen LogP contribution in [-0.4, -0.2) is 18.1 Å². The SMILES string of the molecule is COc1ccc(Br)c(C(=O)Nc2ccc(CO)cc2)c1. The van der Waals surface area contributed by atoms with E-state index in [2.05, 4.69) is 21.2 Å². The molecule has 2 aromatic rings. The second kappa shape index (κ2) is 6.54. The van der Waals surface area contributed by atoms with Crippen LogP contribution in [0, 0.1) is 0 Å². The van der Waals surface area contributed by atoms with Crippen LogP contribution in [0.1, 0.15) is 15.9 Å². The van der Waals surface area contributed by atoms with E-state index in [1.54, 1.807) is 49.6 Å². The van der Waals surface area contributed by atoms with Gasteiger partial charge in [-0.05, 0) is 51.8 Å². The molecule has 5 heteroatoms. The van der Waals surface area contributed by atoms with Crippen LogP contribution in [0.5, 0.6) is 5.75 Å². The number of benzene rings is 2. The van der Waals surface area contributed by atoms with Gasteiger partial charge in [0.1, 0.15) is 5.75 Å². The Kier molecular flexibility index (Phi) is 4.76. The van der Waals surface area contributed by atoms with E-state index >= 15 is 0 Å². The van der Waals surface area contributed by atoms with Crippen molar-refractivity contribution in [2.75, 3.05) is 12.4 Å². The summed E-state index contributed by atoms with van der Waals surface area (Å²) in [5.41, 5.74) is 1.96. The molecule has 2 N–H and O–H groups in total. The van der Waals surface area contributed by atoms with Crippen molar-refractivity contribution in [1.29, 1.82) is 0 Å². The number of rotatable bonds is 4. The van der Waals surface area contributed by atoms with E-state index in [1.807, 2.05) is 0 Å². The number of aliphatic hydroxyl groups excluding tert-OH is 1. The molecule has 1 amide bonds. The highest BCUT2D eigenvalue weighted by Crippen LogP contribution is 2.23. The Morgan fingerprint density at radius 3 is 2.55 bits per heavy atom. The van der Waals surface area contributed by atoms with Crippen LogP contribution in [0.25, 0.3) is 0 Å². The maximum atomic E-state index is 12.2. The molecular formula is C15H14BrNO3. The molecule has 20 heavy (non-hydrogen) atoms. The van der Waals surface area contributed by atoms with Gasteiger partial charge < -0.3 is 15.2 Å². The lowest BCUT2D eigenvalue weighted by Crippen LogP contribution is -2.12. The zero-order valence-electron chi connectivity index (χ0n) is 10.9. The third kappa shape index (κ3) is 3.37. The van der Waals surface area contributed by atoms with Crippen LogP contribution in [0.4, 0.5) is 5.69 Å². The number of carbonyl (C=O) groups is 1. The average molecular weight is 336 g/mol. The first-order valence-electron chi connectivity index (χ1n) is 5.98. The van der Waals surface area contributed by atoms with E-state index in [0.29, 0.717) is 21.5 Å². The molecule has 0 saturated carbocycles. The van der Waals surface area contributed by atoms with Gasteiger partial charge in [0.2, 0.25) is 0 Å². The summed E-state index contributed by atoms with van der Waals surface area (Å²) >= 11 is 3.35. The van der Waals surface area contributed by atoms with Crippen LogP contribution >= 0.6 is 15.9 Å². The first-order valence-corrected chi connectivity index (χ1v) is 6.78. The van der Waals surface area contributed by atoms with Gasteiger partial charge in [0.05, 0.1) is 19.3 Å². The molecular weight excluding hydrogens is 322 g/mol. The number of hydrogen-bond donors (Lipinski definition) is 2. The van der Waals surface area contributed by atoms with Gasteiger partial charge in [-0.1, -0.05) is 12.1 Å². The van der Waals surface area contributed by atoms with E-state index in [4.69, 9.17) is 9.84 Å². The van der Waals surface area contributed by atoms with Gasteiger partial charge in [-0.25, -0.2) is 0 Å². The van der Waals surface area contributed by atoms with Gasteiger partial charge in [0, 0.05) is 10.2 Å². The number of methoxy groups -OCH3 is 1. The fraction of sp³-hybridized carbons (Fsp3) is 0.133. The van der Waals surface area contributed by atoms with Crippen molar-refractivity contribution in [3.8, 4) is 5.75 Å². The van der Waals surface area contributed by atoms with Gasteiger partial charge in [-0.3, -0.25) is 4.79 Å². The first kappa shape index (κ1) is 14.6. The highest BCUT2D eigenvalue weighted by atomic mass is 79.9. The third-order valence-electron chi connectivity index (χ3n) is 2.81. The van der Waals surface area contributed by atoms with E-state index in [-0.39, 0.29) is 12.5 Å². The molecule has 0 heterocycles. The van der Waals surface area contributed by atoms with E-state index in [9.17, 15) is 4.79 Å². The molecule has 0 unspecified atom stereocenters. The van der Waals surface area contributed by atoms with Crippen molar-refractivity contribution >= 4 is 27.5 Å². The molecule has 0 atom stereocenters. The van der Waals surface area contributed by atoms with Crippen molar-refractivity contribution in [2.45, 2.75) is 6.61 Å². The largest absolute Gasteiger partial charge is 0.497 e. The summed E-state index contributed by atoms with van der Waals surface area (Å²) in [7, 11) is 1.55. The number of nitrogens with one attached hydrogen (secondary N) is 1. The van der Waals surface area contributed by atoms with Crippen molar-refractivity contribution in [3.63, 3.8) is 0 Å². The second-order valence-electron chi connectivity index (χ2n) is 4.15. The molecule has 0 aliphatic heterocycles. The zero-order valence-corrected chi connectivity index (χ0v) is 12.5. The molecule has 2 aromatic carbocycles. The smallest absolute Gasteiger partial charge is 0.256 e. The van der Waals surface area contributed by atoms with E-state index < -0.39 is 0 Å². The minimum Gasteiger partial charge on any atom is -0.497 e. The fourth-order valence-electron chi connectivity index (χ4n) is 1.70. The number of aliphatic hydroxyl groups is 1. The van der Waals surface area contributed by atoms with E-state index in [0.717, 1.165) is 5.56 Å². The number of halogens is 1.